The number of ether oxygens (including phenoxy) is 1. The summed E-state index contributed by atoms with van der Waals surface area (Å²) >= 11 is 0. The molecule has 3 nitrogen and oxygen atoms in total. The summed E-state index contributed by atoms with van der Waals surface area (Å²) in [5, 5.41) is 19.1. The first kappa shape index (κ1) is 11.0. The topological polar surface area (TPSA) is 49.7 Å². The molecule has 1 atom stereocenters. The highest BCUT2D eigenvalue weighted by Crippen LogP contribution is 2.27. The molecule has 0 saturated carbocycles. The van der Waals surface area contributed by atoms with Crippen molar-refractivity contribution in [3.8, 4) is 5.75 Å². The van der Waals surface area contributed by atoms with E-state index in [2.05, 4.69) is 0 Å². The van der Waals surface area contributed by atoms with Crippen LogP contribution in [0.2, 0.25) is 0 Å². The Hall–Kier alpha value is -1.48. The molecule has 16 heavy (non-hydrogen) atoms. The number of hydrogen-bond acceptors (Lipinski definition) is 3. The summed E-state index contributed by atoms with van der Waals surface area (Å²) < 4.78 is 5.52. The fourth-order valence-electron chi connectivity index (χ4n) is 1.77. The lowest BCUT2D eigenvalue weighted by Gasteiger charge is -2.18. The van der Waals surface area contributed by atoms with E-state index in [9.17, 15) is 10.2 Å². The zero-order chi connectivity index (χ0) is 11.7. The third-order valence-electron chi connectivity index (χ3n) is 2.82. The standard InChI is InChI=1S/C13H16O3/c1-8-3-10-5-11(14)6-12(15)7-16-13(10)4-9(8)2/h3-5,12,14-15H,6-7H2,1-2H3/b11-5+/t12-/m0/s1. The van der Waals surface area contributed by atoms with Gasteiger partial charge in [0.1, 0.15) is 12.4 Å². The highest BCUT2D eigenvalue weighted by Gasteiger charge is 2.14. The number of aliphatic hydroxyl groups is 2. The minimum Gasteiger partial charge on any atom is -0.512 e. The van der Waals surface area contributed by atoms with E-state index in [1.165, 1.54) is 0 Å². The maximum Gasteiger partial charge on any atom is 0.127 e. The van der Waals surface area contributed by atoms with Crippen molar-refractivity contribution in [2.24, 2.45) is 0 Å². The molecule has 0 amide bonds. The van der Waals surface area contributed by atoms with Gasteiger partial charge in [-0.3, -0.25) is 0 Å². The molecule has 0 aromatic heterocycles. The molecular weight excluding hydrogens is 204 g/mol. The SMILES string of the molecule is Cc1cc2c(cc1C)OC[C@@H](O)C/C(O)=C\2. The van der Waals surface area contributed by atoms with Crippen LogP contribution in [0.1, 0.15) is 23.1 Å². The van der Waals surface area contributed by atoms with E-state index in [1.807, 2.05) is 26.0 Å². The van der Waals surface area contributed by atoms with Gasteiger partial charge in [-0.2, -0.15) is 0 Å². The maximum absolute atomic E-state index is 9.64. The van der Waals surface area contributed by atoms with Crippen molar-refractivity contribution in [3.63, 3.8) is 0 Å². The number of fused-ring (bicyclic) bond motifs is 1. The number of aryl methyl sites for hydroxylation is 2. The van der Waals surface area contributed by atoms with Crippen LogP contribution < -0.4 is 4.74 Å². The summed E-state index contributed by atoms with van der Waals surface area (Å²) in [5.41, 5.74) is 3.17. The van der Waals surface area contributed by atoms with Crippen molar-refractivity contribution in [1.29, 1.82) is 0 Å². The molecule has 0 bridgehead atoms. The first-order chi connectivity index (χ1) is 7.56. The van der Waals surface area contributed by atoms with Gasteiger partial charge in [0.2, 0.25) is 0 Å². The molecule has 0 fully saturated rings. The molecule has 3 heteroatoms. The zero-order valence-electron chi connectivity index (χ0n) is 9.53. The Bertz CT molecular complexity index is 435. The second-order valence-corrected chi connectivity index (χ2v) is 4.28. The number of aliphatic hydroxyl groups excluding tert-OH is 2. The van der Waals surface area contributed by atoms with Crippen molar-refractivity contribution in [2.45, 2.75) is 26.4 Å². The van der Waals surface area contributed by atoms with E-state index in [0.29, 0.717) is 5.75 Å². The largest absolute Gasteiger partial charge is 0.512 e. The molecule has 0 spiro atoms. The lowest BCUT2D eigenvalue weighted by molar-refractivity contribution is 0.0966. The third-order valence-corrected chi connectivity index (χ3v) is 2.82. The first-order valence-corrected chi connectivity index (χ1v) is 5.38. The van der Waals surface area contributed by atoms with Crippen LogP contribution in [-0.2, 0) is 0 Å². The number of benzene rings is 1. The second-order valence-electron chi connectivity index (χ2n) is 4.28. The van der Waals surface area contributed by atoms with Crippen LogP contribution in [0.3, 0.4) is 0 Å². The molecule has 2 rings (SSSR count). The van der Waals surface area contributed by atoms with Crippen molar-refractivity contribution in [1.82, 2.24) is 0 Å². The summed E-state index contributed by atoms with van der Waals surface area (Å²) in [6, 6.07) is 3.92. The molecule has 0 unspecified atom stereocenters. The average molecular weight is 220 g/mol. The Balaban J connectivity index is 2.47. The predicted octanol–water partition coefficient (Wildman–Crippen LogP) is 2.35. The molecule has 1 aliphatic heterocycles. The third kappa shape index (κ3) is 2.19. The van der Waals surface area contributed by atoms with Crippen molar-refractivity contribution < 1.29 is 14.9 Å². The molecule has 0 aliphatic carbocycles. The summed E-state index contributed by atoms with van der Waals surface area (Å²) in [7, 11) is 0. The van der Waals surface area contributed by atoms with Gasteiger partial charge in [0.25, 0.3) is 0 Å². The molecule has 1 aromatic rings. The fourth-order valence-corrected chi connectivity index (χ4v) is 1.77. The van der Waals surface area contributed by atoms with Gasteiger partial charge in [-0.15, -0.1) is 0 Å². The predicted molar refractivity (Wildman–Crippen MR) is 62.6 cm³/mol. The molecule has 1 aromatic carbocycles. The summed E-state index contributed by atoms with van der Waals surface area (Å²) in [6.07, 6.45) is 1.25. The van der Waals surface area contributed by atoms with Crippen molar-refractivity contribution in [3.05, 3.63) is 34.6 Å². The van der Waals surface area contributed by atoms with Crippen LogP contribution in [0.25, 0.3) is 6.08 Å². The monoisotopic (exact) mass is 220 g/mol. The molecule has 2 N–H and O–H groups in total. The fraction of sp³-hybridized carbons (Fsp3) is 0.385. The van der Waals surface area contributed by atoms with Crippen LogP contribution in [0.5, 0.6) is 5.75 Å². The van der Waals surface area contributed by atoms with E-state index in [0.717, 1.165) is 16.7 Å². The van der Waals surface area contributed by atoms with Crippen LogP contribution in [0.4, 0.5) is 0 Å². The zero-order valence-corrected chi connectivity index (χ0v) is 9.53. The smallest absolute Gasteiger partial charge is 0.127 e. The van der Waals surface area contributed by atoms with Crippen molar-refractivity contribution in [2.75, 3.05) is 6.61 Å². The highest BCUT2D eigenvalue weighted by molar-refractivity contribution is 5.61. The first-order valence-electron chi connectivity index (χ1n) is 5.38. The van der Waals surface area contributed by atoms with Gasteiger partial charge in [0.15, 0.2) is 0 Å². The molecular formula is C13H16O3. The summed E-state index contributed by atoms with van der Waals surface area (Å²) in [5.74, 6) is 0.911. The molecule has 0 saturated heterocycles. The van der Waals surface area contributed by atoms with E-state index >= 15 is 0 Å². The van der Waals surface area contributed by atoms with Gasteiger partial charge in [0.05, 0.1) is 11.9 Å². The van der Waals surface area contributed by atoms with Gasteiger partial charge in [-0.1, -0.05) is 0 Å². The molecule has 86 valence electrons. The van der Waals surface area contributed by atoms with Gasteiger partial charge in [0, 0.05) is 12.0 Å². The lowest BCUT2D eigenvalue weighted by Crippen LogP contribution is -2.20. The number of rotatable bonds is 0. The van der Waals surface area contributed by atoms with Crippen LogP contribution in [0.15, 0.2) is 17.9 Å². The van der Waals surface area contributed by atoms with Crippen LogP contribution in [0, 0.1) is 13.8 Å². The molecule has 0 radical (unpaired) electrons. The maximum atomic E-state index is 9.64. The molecule has 1 heterocycles. The minimum absolute atomic E-state index is 0.195. The Kier molecular flexibility index (Phi) is 2.88. The average Bonchev–Trinajstić information content (AvgIpc) is 2.19. The Labute approximate surface area is 95.0 Å². The normalized spacial score (nSPS) is 23.4. The summed E-state index contributed by atoms with van der Waals surface area (Å²) in [4.78, 5) is 0. The lowest BCUT2D eigenvalue weighted by atomic mass is 10.0. The quantitative estimate of drug-likeness (QED) is 0.705. The van der Waals surface area contributed by atoms with E-state index in [1.54, 1.807) is 6.08 Å². The van der Waals surface area contributed by atoms with Gasteiger partial charge in [-0.25, -0.2) is 0 Å². The Morgan fingerprint density at radius 1 is 1.25 bits per heavy atom. The van der Waals surface area contributed by atoms with Gasteiger partial charge >= 0.3 is 0 Å². The highest BCUT2D eigenvalue weighted by atomic mass is 16.5. The Morgan fingerprint density at radius 3 is 2.69 bits per heavy atom. The Morgan fingerprint density at radius 2 is 1.94 bits per heavy atom. The van der Waals surface area contributed by atoms with Crippen LogP contribution in [-0.4, -0.2) is 22.9 Å². The minimum atomic E-state index is -0.647. The summed E-state index contributed by atoms with van der Waals surface area (Å²) in [6.45, 7) is 4.25. The van der Waals surface area contributed by atoms with Crippen molar-refractivity contribution >= 4 is 6.08 Å². The van der Waals surface area contributed by atoms with E-state index < -0.39 is 6.10 Å². The van der Waals surface area contributed by atoms with E-state index in [4.69, 9.17) is 4.74 Å². The second kappa shape index (κ2) is 4.18. The van der Waals surface area contributed by atoms with E-state index in [-0.39, 0.29) is 18.8 Å². The van der Waals surface area contributed by atoms with Gasteiger partial charge < -0.3 is 14.9 Å². The molecule has 1 aliphatic rings. The van der Waals surface area contributed by atoms with Crippen LogP contribution >= 0.6 is 0 Å². The number of hydrogen-bond donors (Lipinski definition) is 2. The van der Waals surface area contributed by atoms with Gasteiger partial charge in [-0.05, 0) is 43.2 Å².